The van der Waals surface area contributed by atoms with E-state index in [1.165, 1.54) is 23.5 Å². The minimum absolute atomic E-state index is 0.0298. The van der Waals surface area contributed by atoms with Gasteiger partial charge in [-0.25, -0.2) is 0 Å². The average Bonchev–Trinajstić information content (AvgIpc) is 2.84. The number of ether oxygens (including phenoxy) is 1. The second-order valence-corrected chi connectivity index (χ2v) is 5.91. The Hall–Kier alpha value is -2.06. The summed E-state index contributed by atoms with van der Waals surface area (Å²) >= 11 is 1.28. The molecule has 2 rings (SSSR count). The van der Waals surface area contributed by atoms with Crippen LogP contribution in [0.3, 0.4) is 0 Å². The van der Waals surface area contributed by atoms with Gasteiger partial charge in [0, 0.05) is 31.7 Å². The number of thiazole rings is 1. The number of hydrogen-bond donors (Lipinski definition) is 0. The Morgan fingerprint density at radius 2 is 2.22 bits per heavy atom. The third kappa shape index (κ3) is 4.23. The maximum Gasteiger partial charge on any atom is 0.270 e. The van der Waals surface area contributed by atoms with Gasteiger partial charge >= 0.3 is 0 Å². The van der Waals surface area contributed by atoms with Crippen molar-refractivity contribution < 1.29 is 14.5 Å². The Morgan fingerprint density at radius 1 is 1.43 bits per heavy atom. The minimum atomic E-state index is -0.428. The zero-order valence-electron chi connectivity index (χ0n) is 13.2. The van der Waals surface area contributed by atoms with Gasteiger partial charge in [-0.05, 0) is 19.4 Å². The van der Waals surface area contributed by atoms with E-state index in [-0.39, 0.29) is 11.6 Å². The molecular weight excluding hydrogens is 318 g/mol. The van der Waals surface area contributed by atoms with Crippen molar-refractivity contribution in [1.82, 2.24) is 4.57 Å². The van der Waals surface area contributed by atoms with E-state index in [0.717, 1.165) is 16.6 Å². The quantitative estimate of drug-likeness (QED) is 0.441. The number of fused-ring (bicyclic) bond motifs is 1. The minimum Gasteiger partial charge on any atom is -0.380 e. The highest BCUT2D eigenvalue weighted by molar-refractivity contribution is 7.16. The van der Waals surface area contributed by atoms with Gasteiger partial charge in [-0.3, -0.25) is 14.9 Å². The van der Waals surface area contributed by atoms with Crippen molar-refractivity contribution in [1.29, 1.82) is 0 Å². The Labute approximate surface area is 137 Å². The molecule has 1 aromatic heterocycles. The summed E-state index contributed by atoms with van der Waals surface area (Å²) in [5.41, 5.74) is 0.852. The predicted octanol–water partition coefficient (Wildman–Crippen LogP) is 2.87. The highest BCUT2D eigenvalue weighted by Gasteiger charge is 2.12. The Kier molecular flexibility index (Phi) is 6.00. The molecule has 0 aliphatic rings. The van der Waals surface area contributed by atoms with Gasteiger partial charge in [0.2, 0.25) is 5.91 Å². The number of nitrogens with zero attached hydrogens (tertiary/aromatic N) is 3. The van der Waals surface area contributed by atoms with Crippen LogP contribution in [-0.2, 0) is 16.1 Å². The predicted molar refractivity (Wildman–Crippen MR) is 88.4 cm³/mol. The van der Waals surface area contributed by atoms with Gasteiger partial charge in [0.15, 0.2) is 4.80 Å². The lowest BCUT2D eigenvalue weighted by Crippen LogP contribution is -2.19. The van der Waals surface area contributed by atoms with Crippen molar-refractivity contribution in [3.8, 4) is 0 Å². The molecule has 0 fully saturated rings. The molecule has 2 aromatic rings. The van der Waals surface area contributed by atoms with Crippen LogP contribution in [0.2, 0.25) is 0 Å². The summed E-state index contributed by atoms with van der Waals surface area (Å²) in [6, 6.07) is 4.67. The Balaban J connectivity index is 2.51. The molecule has 0 saturated carbocycles. The van der Waals surface area contributed by atoms with Gasteiger partial charge in [0.05, 0.1) is 21.7 Å². The van der Waals surface area contributed by atoms with E-state index < -0.39 is 4.92 Å². The molecule has 0 radical (unpaired) electrons. The third-order valence-electron chi connectivity index (χ3n) is 3.22. The number of non-ortho nitro benzene ring substituents is 1. The van der Waals surface area contributed by atoms with E-state index in [2.05, 4.69) is 4.99 Å². The van der Waals surface area contributed by atoms with E-state index in [9.17, 15) is 14.9 Å². The zero-order valence-corrected chi connectivity index (χ0v) is 14.0. The van der Waals surface area contributed by atoms with Gasteiger partial charge < -0.3 is 9.30 Å². The van der Waals surface area contributed by atoms with Crippen LogP contribution in [0.15, 0.2) is 23.2 Å². The maximum atomic E-state index is 11.8. The SMILES string of the molecule is CCCC(=O)N=c1sc2cc([N+](=O)[O-])ccc2n1CCOCC. The summed E-state index contributed by atoms with van der Waals surface area (Å²) in [6.07, 6.45) is 1.12. The molecule has 0 atom stereocenters. The normalized spacial score (nSPS) is 12.0. The lowest BCUT2D eigenvalue weighted by Gasteiger charge is -2.05. The van der Waals surface area contributed by atoms with Gasteiger partial charge in [-0.2, -0.15) is 4.99 Å². The second-order valence-electron chi connectivity index (χ2n) is 4.90. The van der Waals surface area contributed by atoms with Crippen molar-refractivity contribution in [3.63, 3.8) is 0 Å². The van der Waals surface area contributed by atoms with Crippen molar-refractivity contribution >= 4 is 33.1 Å². The van der Waals surface area contributed by atoms with Gasteiger partial charge in [0.1, 0.15) is 0 Å². The highest BCUT2D eigenvalue weighted by atomic mass is 32.1. The summed E-state index contributed by atoms with van der Waals surface area (Å²) < 4.78 is 7.99. The molecule has 0 bridgehead atoms. The van der Waals surface area contributed by atoms with Crippen molar-refractivity contribution in [3.05, 3.63) is 33.1 Å². The number of nitro groups is 1. The first kappa shape index (κ1) is 17.3. The van der Waals surface area contributed by atoms with Gasteiger partial charge in [-0.15, -0.1) is 0 Å². The fourth-order valence-electron chi connectivity index (χ4n) is 2.15. The number of amides is 1. The van der Waals surface area contributed by atoms with Crippen LogP contribution < -0.4 is 4.80 Å². The first-order chi connectivity index (χ1) is 11.1. The number of hydrogen-bond acceptors (Lipinski definition) is 5. The molecule has 0 aliphatic carbocycles. The van der Waals surface area contributed by atoms with E-state index in [1.807, 2.05) is 18.4 Å². The number of nitro benzene ring substituents is 1. The zero-order chi connectivity index (χ0) is 16.8. The lowest BCUT2D eigenvalue weighted by molar-refractivity contribution is -0.384. The molecule has 8 heteroatoms. The average molecular weight is 337 g/mol. The van der Waals surface area contributed by atoms with Crippen LogP contribution in [0.1, 0.15) is 26.7 Å². The largest absolute Gasteiger partial charge is 0.380 e. The number of aromatic nitrogens is 1. The van der Waals surface area contributed by atoms with Crippen LogP contribution in [-0.4, -0.2) is 28.6 Å². The van der Waals surface area contributed by atoms with E-state index in [4.69, 9.17) is 4.74 Å². The van der Waals surface area contributed by atoms with Crippen molar-refractivity contribution in [2.45, 2.75) is 33.2 Å². The summed E-state index contributed by atoms with van der Waals surface area (Å²) in [7, 11) is 0. The van der Waals surface area contributed by atoms with Gasteiger partial charge in [-0.1, -0.05) is 18.3 Å². The molecule has 7 nitrogen and oxygen atoms in total. The van der Waals surface area contributed by atoms with Crippen molar-refractivity contribution in [2.24, 2.45) is 4.99 Å². The van der Waals surface area contributed by atoms with E-state index in [0.29, 0.717) is 31.0 Å². The maximum absolute atomic E-state index is 11.8. The molecule has 0 saturated heterocycles. The lowest BCUT2D eigenvalue weighted by atomic mass is 10.3. The Morgan fingerprint density at radius 3 is 2.87 bits per heavy atom. The summed E-state index contributed by atoms with van der Waals surface area (Å²) in [4.78, 5) is 27.0. The summed E-state index contributed by atoms with van der Waals surface area (Å²) in [6.45, 7) is 5.48. The molecule has 0 N–H and O–H groups in total. The van der Waals surface area contributed by atoms with E-state index >= 15 is 0 Å². The van der Waals surface area contributed by atoms with Gasteiger partial charge in [0.25, 0.3) is 5.69 Å². The standard InChI is InChI=1S/C15H19N3O4S/c1-3-5-14(19)16-15-17(8-9-22-4-2)12-7-6-11(18(20)21)10-13(12)23-15/h6-7,10H,3-5,8-9H2,1-2H3. The molecular formula is C15H19N3O4S. The van der Waals surface area contributed by atoms with Crippen LogP contribution in [0.4, 0.5) is 5.69 Å². The Bertz CT molecular complexity index is 779. The molecule has 1 amide bonds. The topological polar surface area (TPSA) is 86.7 Å². The summed E-state index contributed by atoms with van der Waals surface area (Å²) in [5.74, 6) is -0.182. The molecule has 0 aliphatic heterocycles. The highest BCUT2D eigenvalue weighted by Crippen LogP contribution is 2.23. The first-order valence-corrected chi connectivity index (χ1v) is 8.31. The van der Waals surface area contributed by atoms with Crippen molar-refractivity contribution in [2.75, 3.05) is 13.2 Å². The first-order valence-electron chi connectivity index (χ1n) is 7.49. The van der Waals surface area contributed by atoms with Crippen LogP contribution >= 0.6 is 11.3 Å². The van der Waals surface area contributed by atoms with Crippen LogP contribution in [0.5, 0.6) is 0 Å². The fraction of sp³-hybridized carbons (Fsp3) is 0.467. The number of rotatable bonds is 7. The number of carbonyl (C=O) groups is 1. The molecule has 23 heavy (non-hydrogen) atoms. The number of benzene rings is 1. The third-order valence-corrected chi connectivity index (χ3v) is 4.27. The monoisotopic (exact) mass is 337 g/mol. The smallest absolute Gasteiger partial charge is 0.270 e. The molecule has 1 heterocycles. The van der Waals surface area contributed by atoms with E-state index in [1.54, 1.807) is 6.07 Å². The molecule has 0 unspecified atom stereocenters. The number of carbonyl (C=O) groups excluding carboxylic acids is 1. The molecule has 1 aromatic carbocycles. The molecule has 0 spiro atoms. The second kappa shape index (κ2) is 7.98. The van der Waals surface area contributed by atoms with Crippen LogP contribution in [0, 0.1) is 10.1 Å². The van der Waals surface area contributed by atoms with Crippen LogP contribution in [0.25, 0.3) is 10.2 Å². The molecule has 124 valence electrons. The summed E-state index contributed by atoms with van der Waals surface area (Å²) in [5, 5.41) is 10.9. The fourth-order valence-corrected chi connectivity index (χ4v) is 3.26.